The zero-order chi connectivity index (χ0) is 23.6. The van der Waals surface area contributed by atoms with Gasteiger partial charge in [-0.25, -0.2) is 9.37 Å². The number of hydrogen-bond donors (Lipinski definition) is 2. The van der Waals surface area contributed by atoms with Gasteiger partial charge in [0.05, 0.1) is 24.2 Å². The van der Waals surface area contributed by atoms with Gasteiger partial charge in [-0.3, -0.25) is 4.79 Å². The number of phenolic OH excluding ortho intramolecular Hbond substituents is 1. The minimum Gasteiger partial charge on any atom is -0.507 e. The minimum absolute atomic E-state index is 0.00763. The molecule has 176 valence electrons. The predicted octanol–water partition coefficient (Wildman–Crippen LogP) is 3.12. The molecule has 3 aliphatic heterocycles. The van der Waals surface area contributed by atoms with Gasteiger partial charge < -0.3 is 29.5 Å². The number of nitrogens with one attached hydrogen (secondary N) is 1. The number of benzene rings is 1. The third kappa shape index (κ3) is 3.05. The van der Waals surface area contributed by atoms with Crippen LogP contribution in [0.3, 0.4) is 0 Å². The molecule has 1 aromatic carbocycles. The Bertz CT molecular complexity index is 1290. The van der Waals surface area contributed by atoms with Gasteiger partial charge in [0.25, 0.3) is 5.91 Å². The molecule has 3 aliphatic rings. The van der Waals surface area contributed by atoms with Gasteiger partial charge in [-0.2, -0.15) is 0 Å². The van der Waals surface area contributed by atoms with Gasteiger partial charge in [-0.1, -0.05) is 22.8 Å². The maximum Gasteiger partial charge on any atom is 0.261 e. The number of halogens is 2. The first-order valence-corrected chi connectivity index (χ1v) is 11.4. The lowest BCUT2D eigenvalue weighted by Gasteiger charge is -2.34. The zero-order valence-corrected chi connectivity index (χ0v) is 19.0. The predicted molar refractivity (Wildman–Crippen MR) is 121 cm³/mol. The topological polar surface area (TPSA) is 104 Å². The Morgan fingerprint density at radius 3 is 2.94 bits per heavy atom. The third-order valence-corrected chi connectivity index (χ3v) is 7.09. The highest BCUT2D eigenvalue weighted by Gasteiger charge is 2.41. The van der Waals surface area contributed by atoms with Gasteiger partial charge in [0.2, 0.25) is 0 Å². The number of rotatable bonds is 2. The number of anilines is 1. The highest BCUT2D eigenvalue weighted by Crippen LogP contribution is 2.48. The molecule has 0 spiro atoms. The summed E-state index contributed by atoms with van der Waals surface area (Å²) < 4.78 is 26.1. The van der Waals surface area contributed by atoms with Crippen molar-refractivity contribution in [2.24, 2.45) is 0 Å². The second-order valence-electron chi connectivity index (χ2n) is 8.62. The van der Waals surface area contributed by atoms with E-state index < -0.39 is 5.82 Å². The molecular weight excluding hydrogens is 465 g/mol. The molecule has 0 bridgehead atoms. The fraction of sp³-hybridized carbons (Fsp3) is 0.348. The molecule has 0 aliphatic carbocycles. The lowest BCUT2D eigenvalue weighted by atomic mass is 10.0. The molecule has 1 fully saturated rings. The molecule has 1 saturated heterocycles. The van der Waals surface area contributed by atoms with Crippen LogP contribution in [-0.2, 0) is 6.54 Å². The number of fused-ring (bicyclic) bond motifs is 3. The van der Waals surface area contributed by atoms with Crippen LogP contribution >= 0.6 is 11.6 Å². The maximum absolute atomic E-state index is 14.9. The van der Waals surface area contributed by atoms with Crippen molar-refractivity contribution >= 4 is 23.3 Å². The van der Waals surface area contributed by atoms with E-state index in [0.717, 1.165) is 11.3 Å². The van der Waals surface area contributed by atoms with E-state index in [4.69, 9.17) is 25.8 Å². The quantitative estimate of drug-likeness (QED) is 0.570. The average molecular weight is 486 g/mol. The fourth-order valence-electron chi connectivity index (χ4n) is 4.93. The van der Waals surface area contributed by atoms with Crippen molar-refractivity contribution in [3.63, 3.8) is 0 Å². The van der Waals surface area contributed by atoms with Crippen LogP contribution in [0.15, 0.2) is 29.0 Å². The molecule has 5 heterocycles. The number of carbonyl (C=O) groups is 1. The number of nitrogens with zero attached hydrogens (tertiary/aromatic N) is 4. The lowest BCUT2D eigenvalue weighted by molar-refractivity contribution is 0.0606. The first kappa shape index (κ1) is 21.2. The number of hydrogen-bond acceptors (Lipinski definition) is 8. The van der Waals surface area contributed by atoms with Crippen molar-refractivity contribution in [1.29, 1.82) is 0 Å². The Kier molecular flexibility index (Phi) is 4.89. The van der Waals surface area contributed by atoms with Crippen molar-refractivity contribution < 1.29 is 23.6 Å². The summed E-state index contributed by atoms with van der Waals surface area (Å²) in [5, 5.41) is 17.8. The van der Waals surface area contributed by atoms with Gasteiger partial charge in [-0.15, -0.1) is 0 Å². The van der Waals surface area contributed by atoms with Crippen LogP contribution in [0, 0.1) is 5.82 Å². The van der Waals surface area contributed by atoms with Crippen molar-refractivity contribution in [3.8, 4) is 22.8 Å². The zero-order valence-electron chi connectivity index (χ0n) is 18.2. The summed E-state index contributed by atoms with van der Waals surface area (Å²) in [5.74, 6) is -0.807. The molecule has 0 radical (unpaired) electrons. The van der Waals surface area contributed by atoms with Gasteiger partial charge >= 0.3 is 0 Å². The van der Waals surface area contributed by atoms with Crippen LogP contribution in [0.1, 0.15) is 34.6 Å². The van der Waals surface area contributed by atoms with E-state index in [2.05, 4.69) is 10.5 Å². The van der Waals surface area contributed by atoms with E-state index in [1.54, 1.807) is 11.2 Å². The highest BCUT2D eigenvalue weighted by atomic mass is 35.5. The Balaban J connectivity index is 1.59. The second kappa shape index (κ2) is 7.85. The molecular formula is C23H21ClFN5O4. The van der Waals surface area contributed by atoms with Gasteiger partial charge in [0.15, 0.2) is 5.75 Å². The third-order valence-electron chi connectivity index (χ3n) is 6.73. The molecule has 3 aromatic rings. The Morgan fingerprint density at radius 2 is 2.15 bits per heavy atom. The molecule has 1 amide bonds. The van der Waals surface area contributed by atoms with Crippen LogP contribution in [0.2, 0.25) is 5.02 Å². The van der Waals surface area contributed by atoms with Crippen molar-refractivity contribution in [3.05, 3.63) is 52.1 Å². The maximum atomic E-state index is 14.9. The summed E-state index contributed by atoms with van der Waals surface area (Å²) in [4.78, 5) is 22.2. The van der Waals surface area contributed by atoms with E-state index in [-0.39, 0.29) is 57.9 Å². The van der Waals surface area contributed by atoms with Crippen LogP contribution in [-0.4, -0.2) is 58.3 Å². The molecule has 2 N–H and O–H groups in total. The summed E-state index contributed by atoms with van der Waals surface area (Å²) in [6.45, 7) is 4.27. The molecule has 0 saturated carbocycles. The first-order chi connectivity index (χ1) is 16.5. The van der Waals surface area contributed by atoms with Crippen LogP contribution in [0.25, 0.3) is 11.3 Å². The summed E-state index contributed by atoms with van der Waals surface area (Å²) >= 11 is 6.73. The summed E-state index contributed by atoms with van der Waals surface area (Å²) in [7, 11) is 0. The number of carbonyl (C=O) groups excluding carboxylic acids is 1. The Hall–Kier alpha value is -3.37. The first-order valence-electron chi connectivity index (χ1n) is 11.0. The molecule has 2 aromatic heterocycles. The Morgan fingerprint density at radius 1 is 1.29 bits per heavy atom. The number of phenols is 1. The number of aromatic hydroxyl groups is 1. The second-order valence-corrected chi connectivity index (χ2v) is 9.00. The molecule has 2 atom stereocenters. The lowest BCUT2D eigenvalue weighted by Crippen LogP contribution is -2.55. The summed E-state index contributed by atoms with van der Waals surface area (Å²) in [6, 6.07) is 3.58. The fourth-order valence-corrected chi connectivity index (χ4v) is 5.22. The number of aromatic nitrogens is 2. The average Bonchev–Trinajstić information content (AvgIpc) is 3.37. The number of pyridine rings is 1. The standard InChI is InChI=1S/C23H21ClFN5O4/c1-11-13-10-34-28-15(13)8-30(11)22-18-21(33-9-12-7-26-5-6-29(12)23(18)32)19(24)20(27-22)17-14(25)3-2-4-16(17)31/h2-4,10-12,26,31H,5-9H2,1H3/t11?,12-/m1/s1. The Labute approximate surface area is 199 Å². The normalized spacial score (nSPS) is 21.6. The van der Waals surface area contributed by atoms with Gasteiger partial charge in [0.1, 0.15) is 52.2 Å². The molecule has 34 heavy (non-hydrogen) atoms. The van der Waals surface area contributed by atoms with E-state index in [0.29, 0.717) is 32.0 Å². The van der Waals surface area contributed by atoms with Crippen LogP contribution in [0.5, 0.6) is 11.5 Å². The van der Waals surface area contributed by atoms with Crippen molar-refractivity contribution in [2.45, 2.75) is 25.6 Å². The van der Waals surface area contributed by atoms with Gasteiger partial charge in [0, 0.05) is 25.2 Å². The van der Waals surface area contributed by atoms with E-state index in [1.807, 2.05) is 11.8 Å². The number of amides is 1. The molecule has 11 heteroatoms. The van der Waals surface area contributed by atoms with E-state index in [1.165, 1.54) is 18.2 Å². The molecule has 6 rings (SSSR count). The van der Waals surface area contributed by atoms with Crippen LogP contribution < -0.4 is 15.0 Å². The number of ether oxygens (including phenoxy) is 1. The molecule has 1 unspecified atom stereocenters. The van der Waals surface area contributed by atoms with E-state index in [9.17, 15) is 14.3 Å². The highest BCUT2D eigenvalue weighted by molar-refractivity contribution is 6.35. The smallest absolute Gasteiger partial charge is 0.261 e. The minimum atomic E-state index is -0.686. The summed E-state index contributed by atoms with van der Waals surface area (Å²) in [5.41, 5.74) is 1.69. The SMILES string of the molecule is CC1c2conc2CN1c1nc(-c2c(O)cccc2F)c(Cl)c2c1C(=O)N1CCNC[C@@H]1CO2. The van der Waals surface area contributed by atoms with Crippen molar-refractivity contribution in [2.75, 3.05) is 31.1 Å². The monoisotopic (exact) mass is 485 g/mol. The molecule has 9 nitrogen and oxygen atoms in total. The van der Waals surface area contributed by atoms with Gasteiger partial charge in [-0.05, 0) is 19.1 Å². The largest absolute Gasteiger partial charge is 0.507 e. The van der Waals surface area contributed by atoms with Crippen LogP contribution in [0.4, 0.5) is 10.2 Å². The van der Waals surface area contributed by atoms with Crippen molar-refractivity contribution in [1.82, 2.24) is 20.4 Å². The van der Waals surface area contributed by atoms with E-state index >= 15 is 0 Å². The number of piperazine rings is 1. The summed E-state index contributed by atoms with van der Waals surface area (Å²) in [6.07, 6.45) is 1.57.